The molecule has 1 aromatic carbocycles. The molecule has 0 aromatic heterocycles. The molecule has 1 heterocycles. The maximum atomic E-state index is 12.8. The molecule has 1 aliphatic heterocycles. The Labute approximate surface area is 168 Å². The Morgan fingerprint density at radius 3 is 2.56 bits per heavy atom. The zero-order chi connectivity index (χ0) is 19.9. The lowest BCUT2D eigenvalue weighted by atomic mass is 10.2. The maximum Gasteiger partial charge on any atom is 0.243 e. The molecule has 6 nitrogen and oxygen atoms in total. The molecule has 8 heteroatoms. The van der Waals surface area contributed by atoms with Crippen molar-refractivity contribution < 1.29 is 8.42 Å². The van der Waals surface area contributed by atoms with Crippen LogP contribution in [-0.4, -0.2) is 56.4 Å². The quantitative estimate of drug-likeness (QED) is 0.532. The molecule has 1 fully saturated rings. The van der Waals surface area contributed by atoms with E-state index in [0.717, 1.165) is 31.4 Å². The second kappa shape index (κ2) is 9.80. The van der Waals surface area contributed by atoms with E-state index >= 15 is 0 Å². The summed E-state index contributed by atoms with van der Waals surface area (Å²) < 4.78 is 27.4. The van der Waals surface area contributed by atoms with Gasteiger partial charge in [-0.1, -0.05) is 18.6 Å². The van der Waals surface area contributed by atoms with Gasteiger partial charge in [0.25, 0.3) is 0 Å². The third-order valence-corrected chi connectivity index (χ3v) is 7.91. The normalized spacial score (nSPS) is 17.0. The summed E-state index contributed by atoms with van der Waals surface area (Å²) in [5.41, 5.74) is 0.917. The fourth-order valence-corrected chi connectivity index (χ4v) is 4.65. The predicted molar refractivity (Wildman–Crippen MR) is 115 cm³/mol. The van der Waals surface area contributed by atoms with E-state index < -0.39 is 10.0 Å². The Bertz CT molecular complexity index is 742. The summed E-state index contributed by atoms with van der Waals surface area (Å²) in [6, 6.07) is 7.18. The number of nitrogens with one attached hydrogen (secondary N) is 2. The van der Waals surface area contributed by atoms with Gasteiger partial charge in [0.1, 0.15) is 0 Å². The van der Waals surface area contributed by atoms with Gasteiger partial charge in [-0.05, 0) is 50.6 Å². The van der Waals surface area contributed by atoms with Gasteiger partial charge in [-0.25, -0.2) is 8.42 Å². The Morgan fingerprint density at radius 1 is 1.22 bits per heavy atom. The van der Waals surface area contributed by atoms with Crippen molar-refractivity contribution in [2.24, 2.45) is 4.99 Å². The van der Waals surface area contributed by atoms with E-state index in [9.17, 15) is 8.42 Å². The molecule has 152 valence electrons. The third-order valence-electron chi connectivity index (χ3n) is 4.77. The van der Waals surface area contributed by atoms with Crippen LogP contribution >= 0.6 is 11.8 Å². The molecule has 0 unspecified atom stereocenters. The summed E-state index contributed by atoms with van der Waals surface area (Å²) in [6.45, 7) is 6.89. The van der Waals surface area contributed by atoms with Crippen molar-refractivity contribution in [2.45, 2.75) is 49.3 Å². The molecule has 1 aromatic rings. The number of rotatable bonds is 7. The van der Waals surface area contributed by atoms with Crippen LogP contribution in [0, 0.1) is 0 Å². The van der Waals surface area contributed by atoms with Crippen LogP contribution in [0.1, 0.15) is 38.7 Å². The van der Waals surface area contributed by atoms with E-state index in [1.165, 1.54) is 0 Å². The van der Waals surface area contributed by atoms with Gasteiger partial charge in [-0.2, -0.15) is 16.1 Å². The second-order valence-electron chi connectivity index (χ2n) is 7.36. The summed E-state index contributed by atoms with van der Waals surface area (Å²) in [6.07, 6.45) is 5.07. The first-order chi connectivity index (χ1) is 12.8. The van der Waals surface area contributed by atoms with Crippen LogP contribution in [0.5, 0.6) is 0 Å². The summed E-state index contributed by atoms with van der Waals surface area (Å²) in [7, 11) is -1.67. The number of nitrogens with zero attached hydrogens (tertiary/aromatic N) is 2. The standard InChI is InChI=1S/C19H32N4O2S2/c1-19(2,26-4)15-22-18(20-3)21-14-16-9-8-10-17(13-16)27(24,25)23-11-6-5-7-12-23/h8-10,13H,5-7,11-12,14-15H2,1-4H3,(H2,20,21,22). The second-order valence-corrected chi connectivity index (χ2v) is 10.8. The van der Waals surface area contributed by atoms with Crippen molar-refractivity contribution >= 4 is 27.7 Å². The SMILES string of the molecule is CN=C(NCc1cccc(S(=O)(=O)N2CCCCC2)c1)NCC(C)(C)SC. The van der Waals surface area contributed by atoms with Crippen molar-refractivity contribution in [3.63, 3.8) is 0 Å². The summed E-state index contributed by atoms with van der Waals surface area (Å²) >= 11 is 1.80. The fourth-order valence-electron chi connectivity index (χ4n) is 2.85. The molecule has 27 heavy (non-hydrogen) atoms. The van der Waals surface area contributed by atoms with Gasteiger partial charge < -0.3 is 10.6 Å². The lowest BCUT2D eigenvalue weighted by Gasteiger charge is -2.26. The number of aliphatic imine (C=N–C) groups is 1. The molecular formula is C19H32N4O2S2. The number of guanidine groups is 1. The zero-order valence-electron chi connectivity index (χ0n) is 16.8. The van der Waals surface area contributed by atoms with Gasteiger partial charge in [-0.15, -0.1) is 0 Å². The van der Waals surface area contributed by atoms with Crippen molar-refractivity contribution in [1.82, 2.24) is 14.9 Å². The Balaban J connectivity index is 2.00. The van der Waals surface area contributed by atoms with E-state index in [4.69, 9.17) is 0 Å². The minimum Gasteiger partial charge on any atom is -0.355 e. The fraction of sp³-hybridized carbons (Fsp3) is 0.632. The Morgan fingerprint density at radius 2 is 1.93 bits per heavy atom. The number of hydrogen-bond acceptors (Lipinski definition) is 4. The minimum atomic E-state index is -3.40. The molecule has 2 N–H and O–H groups in total. The average molecular weight is 413 g/mol. The van der Waals surface area contributed by atoms with Crippen molar-refractivity contribution in [1.29, 1.82) is 0 Å². The van der Waals surface area contributed by atoms with Crippen LogP contribution in [-0.2, 0) is 16.6 Å². The molecule has 0 bridgehead atoms. The molecular weight excluding hydrogens is 380 g/mol. The minimum absolute atomic E-state index is 0.111. The summed E-state index contributed by atoms with van der Waals surface area (Å²) in [4.78, 5) is 4.61. The van der Waals surface area contributed by atoms with Crippen molar-refractivity contribution in [2.75, 3.05) is 32.9 Å². The van der Waals surface area contributed by atoms with E-state index in [2.05, 4.69) is 35.7 Å². The first-order valence-corrected chi connectivity index (χ1v) is 12.0. The maximum absolute atomic E-state index is 12.8. The van der Waals surface area contributed by atoms with E-state index in [1.54, 1.807) is 41.3 Å². The number of sulfonamides is 1. The van der Waals surface area contributed by atoms with Gasteiger partial charge in [0, 0.05) is 38.0 Å². The molecule has 1 aliphatic rings. The van der Waals surface area contributed by atoms with E-state index in [1.807, 2.05) is 6.07 Å². The van der Waals surface area contributed by atoms with Gasteiger partial charge in [0.2, 0.25) is 10.0 Å². The van der Waals surface area contributed by atoms with Crippen molar-refractivity contribution in [3.8, 4) is 0 Å². The van der Waals surface area contributed by atoms with Crippen LogP contribution in [0.3, 0.4) is 0 Å². The lowest BCUT2D eigenvalue weighted by molar-refractivity contribution is 0.346. The summed E-state index contributed by atoms with van der Waals surface area (Å²) in [5, 5.41) is 6.58. The van der Waals surface area contributed by atoms with Crippen LogP contribution in [0.4, 0.5) is 0 Å². The molecule has 0 aliphatic carbocycles. The van der Waals surface area contributed by atoms with E-state index in [0.29, 0.717) is 30.5 Å². The van der Waals surface area contributed by atoms with Gasteiger partial charge >= 0.3 is 0 Å². The molecule has 2 rings (SSSR count). The van der Waals surface area contributed by atoms with Gasteiger partial charge in [0.15, 0.2) is 5.96 Å². The number of thioether (sulfide) groups is 1. The Kier molecular flexibility index (Phi) is 8.00. The predicted octanol–water partition coefficient (Wildman–Crippen LogP) is 2.67. The highest BCUT2D eigenvalue weighted by Gasteiger charge is 2.26. The highest BCUT2D eigenvalue weighted by molar-refractivity contribution is 7.99. The highest BCUT2D eigenvalue weighted by atomic mass is 32.2. The zero-order valence-corrected chi connectivity index (χ0v) is 18.4. The first kappa shape index (κ1) is 22.0. The molecule has 0 radical (unpaired) electrons. The van der Waals surface area contributed by atoms with Crippen LogP contribution in [0.15, 0.2) is 34.2 Å². The number of piperidine rings is 1. The average Bonchev–Trinajstić information content (AvgIpc) is 2.69. The van der Waals surface area contributed by atoms with Crippen LogP contribution in [0.25, 0.3) is 0 Å². The van der Waals surface area contributed by atoms with Crippen LogP contribution in [0.2, 0.25) is 0 Å². The molecule has 1 saturated heterocycles. The summed E-state index contributed by atoms with van der Waals surface area (Å²) in [5.74, 6) is 0.710. The van der Waals surface area contributed by atoms with E-state index in [-0.39, 0.29) is 4.75 Å². The molecule has 0 spiro atoms. The van der Waals surface area contributed by atoms with Crippen molar-refractivity contribution in [3.05, 3.63) is 29.8 Å². The number of hydrogen-bond donors (Lipinski definition) is 2. The molecule has 0 amide bonds. The largest absolute Gasteiger partial charge is 0.355 e. The lowest BCUT2D eigenvalue weighted by Crippen LogP contribution is -2.43. The molecule has 0 saturated carbocycles. The highest BCUT2D eigenvalue weighted by Crippen LogP contribution is 2.21. The monoisotopic (exact) mass is 412 g/mol. The first-order valence-electron chi connectivity index (χ1n) is 9.37. The van der Waals surface area contributed by atoms with Crippen LogP contribution < -0.4 is 10.6 Å². The topological polar surface area (TPSA) is 73.8 Å². The Hall–Kier alpha value is -1.25. The smallest absolute Gasteiger partial charge is 0.243 e. The van der Waals surface area contributed by atoms with Gasteiger partial charge in [0.05, 0.1) is 4.90 Å². The number of benzene rings is 1. The van der Waals surface area contributed by atoms with Gasteiger partial charge in [-0.3, -0.25) is 4.99 Å². The third kappa shape index (κ3) is 6.40. The molecule has 0 atom stereocenters.